The van der Waals surface area contributed by atoms with Crippen molar-refractivity contribution in [3.63, 3.8) is 0 Å². The third-order valence-electron chi connectivity index (χ3n) is 0.815. The summed E-state index contributed by atoms with van der Waals surface area (Å²) in [5.41, 5.74) is 4.62. The maximum absolute atomic E-state index is 10.1. The molecule has 0 aromatic rings. The minimum absolute atomic E-state index is 0.139. The molecule has 0 spiro atoms. The summed E-state index contributed by atoms with van der Waals surface area (Å²) in [6.07, 6.45) is -2.02. The lowest BCUT2D eigenvalue weighted by atomic mass is 10.4. The summed E-state index contributed by atoms with van der Waals surface area (Å²) in [5, 5.41) is 6.40. The van der Waals surface area contributed by atoms with Crippen LogP contribution in [0.15, 0.2) is 0 Å². The first-order valence-corrected chi connectivity index (χ1v) is 3.75. The first-order chi connectivity index (χ1) is 4.39. The second kappa shape index (κ2) is 3.06. The van der Waals surface area contributed by atoms with Gasteiger partial charge in [-0.25, -0.2) is 0 Å². The molecular formula is C3H7NO5S. The highest BCUT2D eigenvalue weighted by atomic mass is 32.2. The van der Waals surface area contributed by atoms with Crippen LogP contribution < -0.4 is 5.73 Å². The van der Waals surface area contributed by atoms with Gasteiger partial charge in [-0.1, -0.05) is 0 Å². The van der Waals surface area contributed by atoms with E-state index < -0.39 is 21.6 Å². The van der Waals surface area contributed by atoms with Crippen LogP contribution in [-0.4, -0.2) is 35.8 Å². The number of rotatable bonds is 3. The Kier molecular flexibility index (Phi) is 2.91. The van der Waals surface area contributed by atoms with Gasteiger partial charge in [-0.2, -0.15) is 8.42 Å². The van der Waals surface area contributed by atoms with Crippen molar-refractivity contribution in [3.05, 3.63) is 0 Å². The highest BCUT2D eigenvalue weighted by molar-refractivity contribution is 7.87. The van der Waals surface area contributed by atoms with E-state index in [0.29, 0.717) is 0 Å². The number of carbonyl (C=O) groups excluding carboxylic acids is 1. The number of hydrogen-bond acceptors (Lipinski definition) is 5. The van der Waals surface area contributed by atoms with E-state index in [4.69, 9.17) is 9.66 Å². The van der Waals surface area contributed by atoms with E-state index in [9.17, 15) is 13.2 Å². The van der Waals surface area contributed by atoms with Crippen molar-refractivity contribution < 1.29 is 22.9 Å². The van der Waals surface area contributed by atoms with E-state index in [2.05, 4.69) is 5.73 Å². The van der Waals surface area contributed by atoms with Crippen LogP contribution in [0.25, 0.3) is 0 Å². The van der Waals surface area contributed by atoms with E-state index in [-0.39, 0.29) is 6.29 Å². The zero-order chi connectivity index (χ0) is 8.36. The van der Waals surface area contributed by atoms with Crippen molar-refractivity contribution in [1.29, 1.82) is 0 Å². The van der Waals surface area contributed by atoms with Gasteiger partial charge in [-0.05, 0) is 0 Å². The maximum Gasteiger partial charge on any atom is 0.278 e. The molecular weight excluding hydrogens is 162 g/mol. The molecule has 60 valence electrons. The lowest BCUT2D eigenvalue weighted by Gasteiger charge is -2.08. The molecule has 2 atom stereocenters. The highest BCUT2D eigenvalue weighted by Gasteiger charge is 2.27. The van der Waals surface area contributed by atoms with Crippen molar-refractivity contribution in [2.24, 2.45) is 5.73 Å². The Morgan fingerprint density at radius 1 is 1.50 bits per heavy atom. The van der Waals surface area contributed by atoms with Gasteiger partial charge in [0.2, 0.25) is 0 Å². The van der Waals surface area contributed by atoms with Gasteiger partial charge >= 0.3 is 0 Å². The molecule has 0 aliphatic heterocycles. The molecule has 0 saturated carbocycles. The predicted octanol–water partition coefficient (Wildman–Crippen LogP) is -2.28. The molecule has 0 amide bonds. The van der Waals surface area contributed by atoms with Crippen LogP contribution in [0.3, 0.4) is 0 Å². The fourth-order valence-electron chi connectivity index (χ4n) is 0.327. The Morgan fingerprint density at radius 2 is 1.90 bits per heavy atom. The van der Waals surface area contributed by atoms with Crippen molar-refractivity contribution in [3.8, 4) is 0 Å². The first kappa shape index (κ1) is 9.50. The van der Waals surface area contributed by atoms with Crippen LogP contribution in [-0.2, 0) is 14.9 Å². The number of nitrogens with two attached hydrogens (primary N) is 1. The van der Waals surface area contributed by atoms with Gasteiger partial charge in [0.1, 0.15) is 12.5 Å². The largest absolute Gasteiger partial charge is 0.377 e. The Labute approximate surface area is 57.4 Å². The summed E-state index contributed by atoms with van der Waals surface area (Å²) in [5.74, 6) is 0. The molecule has 0 rings (SSSR count). The number of carbonyl (C=O) groups is 1. The lowest BCUT2D eigenvalue weighted by molar-refractivity contribution is -0.109. The smallest absolute Gasteiger partial charge is 0.278 e. The Morgan fingerprint density at radius 3 is 1.90 bits per heavy atom. The summed E-state index contributed by atoms with van der Waals surface area (Å²) in [6, 6.07) is 0. The van der Waals surface area contributed by atoms with Crippen molar-refractivity contribution >= 4 is 16.4 Å². The quantitative estimate of drug-likeness (QED) is 0.249. The molecule has 7 heteroatoms. The Balaban J connectivity index is 4.54. The molecule has 0 heterocycles. The van der Waals surface area contributed by atoms with Gasteiger partial charge < -0.3 is 15.6 Å². The SMILES string of the molecule is N[C@H](O)C(C=O)S(=O)(=O)O. The van der Waals surface area contributed by atoms with Crippen molar-refractivity contribution in [1.82, 2.24) is 0 Å². The van der Waals surface area contributed by atoms with E-state index in [0.717, 1.165) is 0 Å². The van der Waals surface area contributed by atoms with Gasteiger partial charge in [0.25, 0.3) is 10.1 Å². The second-order valence-electron chi connectivity index (χ2n) is 1.61. The van der Waals surface area contributed by atoms with Crippen LogP contribution in [0, 0.1) is 0 Å². The molecule has 0 fully saturated rings. The van der Waals surface area contributed by atoms with Gasteiger partial charge in [0.15, 0.2) is 5.25 Å². The van der Waals surface area contributed by atoms with Crippen LogP contribution in [0.2, 0.25) is 0 Å². The van der Waals surface area contributed by atoms with Gasteiger partial charge in [-0.3, -0.25) is 4.55 Å². The zero-order valence-electron chi connectivity index (χ0n) is 4.84. The zero-order valence-corrected chi connectivity index (χ0v) is 5.65. The Bertz CT molecular complexity index is 207. The molecule has 10 heavy (non-hydrogen) atoms. The van der Waals surface area contributed by atoms with E-state index >= 15 is 0 Å². The van der Waals surface area contributed by atoms with Gasteiger partial charge in [0, 0.05) is 0 Å². The van der Waals surface area contributed by atoms with E-state index in [1.54, 1.807) is 0 Å². The van der Waals surface area contributed by atoms with Crippen LogP contribution in [0.4, 0.5) is 0 Å². The first-order valence-electron chi connectivity index (χ1n) is 2.25. The summed E-state index contributed by atoms with van der Waals surface area (Å²) < 4.78 is 28.3. The summed E-state index contributed by atoms with van der Waals surface area (Å²) in [4.78, 5) is 9.81. The summed E-state index contributed by atoms with van der Waals surface area (Å²) in [7, 11) is -4.56. The Hall–Kier alpha value is -0.500. The monoisotopic (exact) mass is 169 g/mol. The molecule has 0 aliphatic rings. The molecule has 0 aliphatic carbocycles. The molecule has 0 bridgehead atoms. The normalized spacial score (nSPS) is 17.9. The topological polar surface area (TPSA) is 118 Å². The molecule has 0 aromatic heterocycles. The maximum atomic E-state index is 10.1. The van der Waals surface area contributed by atoms with Crippen LogP contribution >= 0.6 is 0 Å². The molecule has 0 radical (unpaired) electrons. The lowest BCUT2D eigenvalue weighted by Crippen LogP contribution is -2.41. The van der Waals surface area contributed by atoms with E-state index in [1.807, 2.05) is 0 Å². The number of aliphatic hydroxyl groups excluding tert-OH is 1. The third-order valence-corrected chi connectivity index (χ3v) is 1.89. The fraction of sp³-hybridized carbons (Fsp3) is 0.667. The molecule has 1 unspecified atom stereocenters. The van der Waals surface area contributed by atoms with Crippen molar-refractivity contribution in [2.75, 3.05) is 0 Å². The van der Waals surface area contributed by atoms with Gasteiger partial charge in [-0.15, -0.1) is 0 Å². The van der Waals surface area contributed by atoms with Gasteiger partial charge in [0.05, 0.1) is 0 Å². The fourth-order valence-corrected chi connectivity index (χ4v) is 0.820. The minimum Gasteiger partial charge on any atom is -0.377 e. The van der Waals surface area contributed by atoms with Crippen molar-refractivity contribution in [2.45, 2.75) is 11.5 Å². The average Bonchev–Trinajstić information content (AvgIpc) is 1.60. The second-order valence-corrected chi connectivity index (χ2v) is 3.18. The average molecular weight is 169 g/mol. The van der Waals surface area contributed by atoms with Crippen LogP contribution in [0.1, 0.15) is 0 Å². The highest BCUT2D eigenvalue weighted by Crippen LogP contribution is 1.96. The molecule has 0 saturated heterocycles. The molecule has 6 nitrogen and oxygen atoms in total. The molecule has 0 aromatic carbocycles. The standard InChI is InChI=1S/C3H7NO5S/c4-3(6)2(1-5)10(7,8)9/h1-3,6H,4H2,(H,7,8,9)/t2?,3-/m1/s1. The van der Waals surface area contributed by atoms with Crippen LogP contribution in [0.5, 0.6) is 0 Å². The summed E-state index contributed by atoms with van der Waals surface area (Å²) >= 11 is 0. The summed E-state index contributed by atoms with van der Waals surface area (Å²) in [6.45, 7) is 0. The third kappa shape index (κ3) is 2.40. The van der Waals surface area contributed by atoms with E-state index in [1.165, 1.54) is 0 Å². The molecule has 4 N–H and O–H groups in total. The number of aldehydes is 1. The number of hydrogen-bond donors (Lipinski definition) is 3. The number of aliphatic hydroxyl groups is 1. The minimum atomic E-state index is -4.56. The predicted molar refractivity (Wildman–Crippen MR) is 31.6 cm³/mol.